The van der Waals surface area contributed by atoms with E-state index in [4.69, 9.17) is 0 Å². The molecule has 0 saturated carbocycles. The van der Waals surface area contributed by atoms with E-state index in [1.165, 1.54) is 23.9 Å². The molecule has 1 saturated heterocycles. The third-order valence-electron chi connectivity index (χ3n) is 7.33. The number of carboxylic acid groups (broad SMARTS) is 1. The molecule has 4 rings (SSSR count). The molecule has 1 aliphatic heterocycles. The van der Waals surface area contributed by atoms with Crippen molar-refractivity contribution in [1.29, 1.82) is 0 Å². The number of likely N-dealkylation sites (tertiary alicyclic amines) is 1. The van der Waals surface area contributed by atoms with Crippen LogP contribution in [0.25, 0.3) is 16.5 Å². The van der Waals surface area contributed by atoms with Crippen LogP contribution in [-0.2, 0) is 27.9 Å². The van der Waals surface area contributed by atoms with Crippen molar-refractivity contribution >= 4 is 28.6 Å². The quantitative estimate of drug-likeness (QED) is 0.467. The minimum absolute atomic E-state index is 0.0325. The van der Waals surface area contributed by atoms with Crippen LogP contribution < -0.4 is 16.6 Å². The molecule has 0 unspecified atom stereocenters. The van der Waals surface area contributed by atoms with Crippen molar-refractivity contribution in [2.24, 2.45) is 12.5 Å². The van der Waals surface area contributed by atoms with Gasteiger partial charge in [-0.15, -0.1) is 0 Å². The lowest BCUT2D eigenvalue weighted by atomic mass is 9.79. The van der Waals surface area contributed by atoms with Gasteiger partial charge in [-0.2, -0.15) is 8.78 Å². The molecule has 206 valence electrons. The molecule has 1 aliphatic rings. The van der Waals surface area contributed by atoms with E-state index < -0.39 is 46.9 Å². The number of aromatic nitrogens is 2. The monoisotopic (exact) mass is 542 g/mol. The van der Waals surface area contributed by atoms with Gasteiger partial charge in [0.25, 0.3) is 11.5 Å². The second-order valence-electron chi connectivity index (χ2n) is 9.93. The maximum Gasteiger partial charge on any atom is 0.335 e. The number of aryl methyl sites for hydroxylation is 1. The van der Waals surface area contributed by atoms with Gasteiger partial charge in [-0.3, -0.25) is 14.4 Å². The number of halogens is 2. The highest BCUT2D eigenvalue weighted by atomic mass is 19.3. The van der Waals surface area contributed by atoms with Gasteiger partial charge < -0.3 is 19.9 Å². The lowest BCUT2D eigenvalue weighted by Crippen LogP contribution is -2.53. The average Bonchev–Trinajstić information content (AvgIpc) is 2.90. The molecule has 2 N–H and O–H groups in total. The predicted octanol–water partition coefficient (Wildman–Crippen LogP) is 1.70. The van der Waals surface area contributed by atoms with Crippen molar-refractivity contribution < 1.29 is 28.3 Å². The number of benzene rings is 2. The molecule has 0 aliphatic carbocycles. The minimum Gasteiger partial charge on any atom is -0.480 e. The van der Waals surface area contributed by atoms with Gasteiger partial charge in [-0.1, -0.05) is 37.3 Å². The third-order valence-corrected chi connectivity index (χ3v) is 7.33. The summed E-state index contributed by atoms with van der Waals surface area (Å²) < 4.78 is 27.8. The number of nitrogens with one attached hydrogen (secondary N) is 1. The lowest BCUT2D eigenvalue weighted by molar-refractivity contribution is -0.149. The van der Waals surface area contributed by atoms with E-state index in [1.807, 2.05) is 0 Å². The van der Waals surface area contributed by atoms with Crippen LogP contribution in [-0.4, -0.2) is 62.5 Å². The molecule has 12 heteroatoms. The first-order valence-corrected chi connectivity index (χ1v) is 12.3. The molecular formula is C27H28F2N4O6. The van der Waals surface area contributed by atoms with Crippen LogP contribution in [0.2, 0.25) is 0 Å². The van der Waals surface area contributed by atoms with Gasteiger partial charge >= 0.3 is 18.1 Å². The standard InChI is InChI=1S/C27H28F2N4O6/c1-27(10-13-32(14-11-27)23(35)22(28)29)25(38)30-19(24(36)37)15-16-5-3-7-18-17(16)6-4-8-20(18)33-21(34)9-12-31(2)26(33)39/h3-9,12,19,22H,10-11,13-15H2,1-2H3,(H,30,38)(H,36,37)/t19-/m0/s1. The first-order valence-electron chi connectivity index (χ1n) is 12.3. The predicted molar refractivity (Wildman–Crippen MR) is 138 cm³/mol. The lowest BCUT2D eigenvalue weighted by Gasteiger charge is -2.38. The zero-order valence-corrected chi connectivity index (χ0v) is 21.4. The third kappa shape index (κ3) is 5.45. The fraction of sp³-hybridized carbons (Fsp3) is 0.370. The number of amides is 2. The molecule has 2 amide bonds. The second-order valence-corrected chi connectivity index (χ2v) is 9.93. The zero-order valence-electron chi connectivity index (χ0n) is 21.4. The molecule has 39 heavy (non-hydrogen) atoms. The van der Waals surface area contributed by atoms with Crippen LogP contribution in [0.3, 0.4) is 0 Å². The van der Waals surface area contributed by atoms with Gasteiger partial charge in [-0.25, -0.2) is 14.2 Å². The van der Waals surface area contributed by atoms with E-state index in [9.17, 15) is 37.9 Å². The molecule has 1 atom stereocenters. The molecule has 1 fully saturated rings. The van der Waals surface area contributed by atoms with Gasteiger partial charge in [0.05, 0.1) is 5.69 Å². The average molecular weight is 543 g/mol. The summed E-state index contributed by atoms with van der Waals surface area (Å²) in [5.41, 5.74) is -1.17. The minimum atomic E-state index is -3.12. The fourth-order valence-electron chi connectivity index (χ4n) is 4.86. The van der Waals surface area contributed by atoms with E-state index in [1.54, 1.807) is 43.3 Å². The summed E-state index contributed by atoms with van der Waals surface area (Å²) in [4.78, 5) is 63.2. The molecule has 0 bridgehead atoms. The first-order chi connectivity index (χ1) is 18.4. The van der Waals surface area contributed by atoms with Crippen molar-refractivity contribution in [2.45, 2.75) is 38.7 Å². The van der Waals surface area contributed by atoms with E-state index in [0.717, 1.165) is 9.47 Å². The summed E-state index contributed by atoms with van der Waals surface area (Å²) in [6.07, 6.45) is -1.61. The highest BCUT2D eigenvalue weighted by Crippen LogP contribution is 2.32. The van der Waals surface area contributed by atoms with Gasteiger partial charge in [-0.05, 0) is 29.9 Å². The van der Waals surface area contributed by atoms with Gasteiger partial charge in [0.1, 0.15) is 6.04 Å². The summed E-state index contributed by atoms with van der Waals surface area (Å²) in [6.45, 7) is 1.55. The van der Waals surface area contributed by atoms with Crippen molar-refractivity contribution in [2.75, 3.05) is 13.1 Å². The zero-order chi connectivity index (χ0) is 28.5. The van der Waals surface area contributed by atoms with Gasteiger partial charge in [0.15, 0.2) is 0 Å². The number of fused-ring (bicyclic) bond motifs is 1. The first kappa shape index (κ1) is 27.7. The molecule has 1 aromatic heterocycles. The summed E-state index contributed by atoms with van der Waals surface area (Å²) in [5, 5.41) is 13.7. The van der Waals surface area contributed by atoms with Gasteiger partial charge in [0, 0.05) is 49.6 Å². The Bertz CT molecular complexity index is 1560. The van der Waals surface area contributed by atoms with Crippen molar-refractivity contribution in [3.05, 3.63) is 75.1 Å². The van der Waals surface area contributed by atoms with Crippen molar-refractivity contribution in [1.82, 2.24) is 19.4 Å². The Morgan fingerprint density at radius 1 is 1.03 bits per heavy atom. The number of hydrogen-bond acceptors (Lipinski definition) is 5. The summed E-state index contributed by atoms with van der Waals surface area (Å²) >= 11 is 0. The largest absolute Gasteiger partial charge is 0.480 e. The Balaban J connectivity index is 1.60. The van der Waals surface area contributed by atoms with Crippen molar-refractivity contribution in [3.63, 3.8) is 0 Å². The Morgan fingerprint density at radius 2 is 1.67 bits per heavy atom. The number of rotatable bonds is 7. The summed E-state index contributed by atoms with van der Waals surface area (Å²) in [5.74, 6) is -3.09. The highest BCUT2D eigenvalue weighted by molar-refractivity contribution is 5.93. The summed E-state index contributed by atoms with van der Waals surface area (Å²) in [7, 11) is 1.52. The molecule has 3 aromatic rings. The number of carboxylic acids is 1. The number of aliphatic carboxylic acids is 1. The Labute approximate surface area is 221 Å². The van der Waals surface area contributed by atoms with Crippen LogP contribution in [0.4, 0.5) is 8.78 Å². The van der Waals surface area contributed by atoms with E-state index in [-0.39, 0.29) is 32.4 Å². The topological polar surface area (TPSA) is 131 Å². The van der Waals surface area contributed by atoms with Crippen LogP contribution in [0.15, 0.2) is 58.3 Å². The van der Waals surface area contributed by atoms with Crippen LogP contribution in [0, 0.1) is 5.41 Å². The van der Waals surface area contributed by atoms with Crippen molar-refractivity contribution in [3.8, 4) is 5.69 Å². The maximum atomic E-state index is 13.1. The Kier molecular flexibility index (Phi) is 7.66. The fourth-order valence-corrected chi connectivity index (χ4v) is 4.86. The van der Waals surface area contributed by atoms with E-state index in [2.05, 4.69) is 5.32 Å². The maximum absolute atomic E-state index is 13.1. The normalized spacial score (nSPS) is 15.8. The second kappa shape index (κ2) is 10.8. The molecular weight excluding hydrogens is 514 g/mol. The van der Waals surface area contributed by atoms with E-state index >= 15 is 0 Å². The molecule has 10 nitrogen and oxygen atoms in total. The Morgan fingerprint density at radius 3 is 2.31 bits per heavy atom. The molecule has 0 radical (unpaired) electrons. The number of nitrogens with zero attached hydrogens (tertiary/aromatic N) is 3. The van der Waals surface area contributed by atoms with E-state index in [0.29, 0.717) is 22.0 Å². The smallest absolute Gasteiger partial charge is 0.335 e. The number of carbonyl (C=O) groups is 3. The van der Waals surface area contributed by atoms with Gasteiger partial charge in [0.2, 0.25) is 5.91 Å². The number of piperidine rings is 1. The highest BCUT2D eigenvalue weighted by Gasteiger charge is 2.40. The molecule has 2 aromatic carbocycles. The van der Waals surface area contributed by atoms with Crippen LogP contribution in [0.1, 0.15) is 25.3 Å². The number of carbonyl (C=O) groups excluding carboxylic acids is 2. The Hall–Kier alpha value is -4.35. The molecule has 0 spiro atoms. The number of alkyl halides is 2. The molecule has 2 heterocycles. The SMILES string of the molecule is Cn1ccc(=O)n(-c2cccc3c(C[C@H](NC(=O)C4(C)CCN(C(=O)C(F)F)CC4)C(=O)O)cccc23)c1=O. The summed E-state index contributed by atoms with van der Waals surface area (Å²) in [6, 6.07) is 10.1. The number of hydrogen-bond donors (Lipinski definition) is 2. The van der Waals surface area contributed by atoms with Crippen LogP contribution >= 0.6 is 0 Å². The van der Waals surface area contributed by atoms with Crippen LogP contribution in [0.5, 0.6) is 0 Å².